The monoisotopic (exact) mass is 360 g/mol. The summed E-state index contributed by atoms with van der Waals surface area (Å²) in [5.41, 5.74) is 6.97. The second-order valence-electron chi connectivity index (χ2n) is 4.16. The summed E-state index contributed by atoms with van der Waals surface area (Å²) >= 11 is 1.34. The molecule has 110 valence electrons. The maximum absolute atomic E-state index is 11.4. The van der Waals surface area contributed by atoms with Crippen molar-refractivity contribution >= 4 is 28.6 Å². The molecule has 5 nitrogen and oxygen atoms in total. The van der Waals surface area contributed by atoms with Gasteiger partial charge in [-0.3, -0.25) is 10.5 Å². The van der Waals surface area contributed by atoms with Crippen LogP contribution in [0.15, 0.2) is 24.3 Å². The van der Waals surface area contributed by atoms with Crippen LogP contribution in [0.4, 0.5) is 5.69 Å². The molecule has 1 fully saturated rings. The molecule has 1 aromatic carbocycles. The second kappa shape index (κ2) is 7.54. The maximum Gasteiger partial charge on any atom is 0.319 e. The van der Waals surface area contributed by atoms with Crippen molar-refractivity contribution in [2.24, 2.45) is 5.73 Å². The third-order valence-corrected chi connectivity index (χ3v) is 4.17. The lowest BCUT2D eigenvalue weighted by Gasteiger charge is -2.07. The highest BCUT2D eigenvalue weighted by Gasteiger charge is 2.30. The van der Waals surface area contributed by atoms with E-state index >= 15 is 0 Å². The average molecular weight is 361 g/mol. The van der Waals surface area contributed by atoms with Crippen molar-refractivity contribution in [3.8, 4) is 5.75 Å². The zero-order valence-corrected chi connectivity index (χ0v) is 13.7. The fraction of sp³-hybridized carbons (Fsp3) is 0.385. The van der Waals surface area contributed by atoms with E-state index in [1.165, 1.54) is 11.8 Å². The molecule has 0 aromatic heterocycles. The normalized spacial score (nSPS) is 18.9. The molecule has 2 N–H and O–H groups in total. The standard InChI is InChI=1S/C13H16N2O3S.BrH/c1-15(9-3-5-10(17-2)6-4-9)13(14)19-11-7-8-18-12(11)16;/h3-6,11,14H,7-8H2,1-2H3;1H. The number of methoxy groups -OCH3 is 1. The van der Waals surface area contributed by atoms with Gasteiger partial charge in [0.15, 0.2) is 0 Å². The van der Waals surface area contributed by atoms with Crippen LogP contribution >= 0.6 is 11.8 Å². The van der Waals surface area contributed by atoms with E-state index in [2.05, 4.69) is 0 Å². The number of hydrogen-bond donors (Lipinski definition) is 1. The van der Waals surface area contributed by atoms with Crippen molar-refractivity contribution in [2.75, 3.05) is 20.8 Å². The molecule has 0 saturated carbocycles. The second-order valence-corrected chi connectivity index (χ2v) is 5.38. The Balaban J connectivity index is 0.00000200. The van der Waals surface area contributed by atoms with Crippen molar-refractivity contribution in [1.29, 1.82) is 0 Å². The largest absolute Gasteiger partial charge is 1.00 e. The lowest BCUT2D eigenvalue weighted by Crippen LogP contribution is -3.00. The van der Waals surface area contributed by atoms with Gasteiger partial charge in [-0.1, -0.05) is 0 Å². The van der Waals surface area contributed by atoms with Gasteiger partial charge in [0.25, 0.3) is 0 Å². The van der Waals surface area contributed by atoms with Gasteiger partial charge in [0.1, 0.15) is 16.7 Å². The number of amidine groups is 1. The van der Waals surface area contributed by atoms with Gasteiger partial charge in [-0.15, -0.1) is 0 Å². The number of nitrogens with zero attached hydrogens (tertiary/aromatic N) is 1. The zero-order valence-electron chi connectivity index (χ0n) is 11.3. The number of carbonyl (C=O) groups excluding carboxylic acids is 1. The van der Waals surface area contributed by atoms with Crippen LogP contribution in [0.2, 0.25) is 0 Å². The minimum Gasteiger partial charge on any atom is -1.00 e. The van der Waals surface area contributed by atoms with Gasteiger partial charge >= 0.3 is 11.1 Å². The molecule has 20 heavy (non-hydrogen) atoms. The predicted molar refractivity (Wildman–Crippen MR) is 75.0 cm³/mol. The molecule has 1 unspecified atom stereocenters. The summed E-state index contributed by atoms with van der Waals surface area (Å²) in [4.78, 5) is 11.4. The average Bonchev–Trinajstić information content (AvgIpc) is 2.83. The number of ether oxygens (including phenoxy) is 2. The van der Waals surface area contributed by atoms with E-state index in [0.717, 1.165) is 11.4 Å². The first-order valence-electron chi connectivity index (χ1n) is 5.95. The molecule has 1 aromatic rings. The molecule has 1 aliphatic heterocycles. The van der Waals surface area contributed by atoms with Gasteiger partial charge in [-0.25, -0.2) is 4.58 Å². The summed E-state index contributed by atoms with van der Waals surface area (Å²) in [5.74, 6) is 0.610. The van der Waals surface area contributed by atoms with E-state index in [0.29, 0.717) is 18.2 Å². The Morgan fingerprint density at radius 2 is 2.10 bits per heavy atom. The molecular weight excluding hydrogens is 344 g/mol. The van der Waals surface area contributed by atoms with Crippen LogP contribution in [0.1, 0.15) is 6.42 Å². The molecule has 1 aliphatic rings. The first kappa shape index (κ1) is 16.8. The molecule has 1 atom stereocenters. The van der Waals surface area contributed by atoms with Crippen molar-refractivity contribution in [2.45, 2.75) is 11.7 Å². The summed E-state index contributed by atoms with van der Waals surface area (Å²) in [5, 5.41) is 0.384. The molecular formula is C13H17BrN2O3S. The third kappa shape index (κ3) is 3.89. The lowest BCUT2D eigenvalue weighted by molar-refractivity contribution is -0.402. The van der Waals surface area contributed by atoms with E-state index in [1.54, 1.807) is 7.11 Å². The predicted octanol–water partition coefficient (Wildman–Crippen LogP) is -1.66. The summed E-state index contributed by atoms with van der Waals surface area (Å²) in [6.45, 7) is 0.482. The van der Waals surface area contributed by atoms with E-state index in [4.69, 9.17) is 15.2 Å². The van der Waals surface area contributed by atoms with Gasteiger partial charge in [0.05, 0.1) is 20.8 Å². The number of thioether (sulfide) groups is 1. The fourth-order valence-electron chi connectivity index (χ4n) is 1.74. The van der Waals surface area contributed by atoms with Crippen molar-refractivity contribution in [3.05, 3.63) is 24.3 Å². The van der Waals surface area contributed by atoms with Crippen LogP contribution in [-0.2, 0) is 9.53 Å². The number of cyclic esters (lactones) is 1. The first-order valence-corrected chi connectivity index (χ1v) is 6.83. The summed E-state index contributed by atoms with van der Waals surface area (Å²) in [6.07, 6.45) is 0.709. The minimum atomic E-state index is -0.194. The highest BCUT2D eigenvalue weighted by Crippen LogP contribution is 2.23. The number of benzene rings is 1. The van der Waals surface area contributed by atoms with Gasteiger partial charge < -0.3 is 26.5 Å². The third-order valence-electron chi connectivity index (χ3n) is 2.94. The first-order chi connectivity index (χ1) is 9.11. The van der Waals surface area contributed by atoms with Crippen LogP contribution in [0.5, 0.6) is 5.75 Å². The molecule has 0 aliphatic carbocycles. The van der Waals surface area contributed by atoms with E-state index in [9.17, 15) is 4.79 Å². The van der Waals surface area contributed by atoms with Crippen LogP contribution in [0, 0.1) is 0 Å². The molecule has 0 radical (unpaired) electrons. The Morgan fingerprint density at radius 1 is 1.45 bits per heavy atom. The summed E-state index contributed by atoms with van der Waals surface area (Å²) in [7, 11) is 3.49. The van der Waals surface area contributed by atoms with Crippen molar-refractivity contribution < 1.29 is 35.8 Å². The van der Waals surface area contributed by atoms with E-state index in [-0.39, 0.29) is 28.2 Å². The van der Waals surface area contributed by atoms with E-state index < -0.39 is 0 Å². The Morgan fingerprint density at radius 3 is 2.60 bits per heavy atom. The van der Waals surface area contributed by atoms with Gasteiger partial charge in [0, 0.05) is 6.42 Å². The quantitative estimate of drug-likeness (QED) is 0.302. The molecule has 1 heterocycles. The van der Waals surface area contributed by atoms with Crippen LogP contribution in [-0.4, -0.2) is 41.7 Å². The number of esters is 1. The molecule has 7 heteroatoms. The van der Waals surface area contributed by atoms with Gasteiger partial charge in [0.2, 0.25) is 0 Å². The molecule has 2 rings (SSSR count). The fourth-order valence-corrected chi connectivity index (χ4v) is 2.68. The number of carbonyl (C=O) groups is 1. The Kier molecular flexibility index (Phi) is 6.35. The van der Waals surface area contributed by atoms with Crippen LogP contribution in [0.3, 0.4) is 0 Å². The summed E-state index contributed by atoms with van der Waals surface area (Å²) in [6, 6.07) is 7.57. The molecule has 0 bridgehead atoms. The lowest BCUT2D eigenvalue weighted by atomic mass is 10.3. The van der Waals surface area contributed by atoms with Crippen LogP contribution in [0.25, 0.3) is 0 Å². The Labute approximate surface area is 132 Å². The molecule has 0 amide bonds. The molecule has 1 saturated heterocycles. The van der Waals surface area contributed by atoms with Crippen LogP contribution < -0.4 is 27.5 Å². The smallest absolute Gasteiger partial charge is 0.319 e. The number of rotatable bonds is 3. The SMILES string of the molecule is COc1ccc([N+](C)=C(N)SC2CCOC2=O)cc1.[Br-]. The van der Waals surface area contributed by atoms with Crippen molar-refractivity contribution in [3.63, 3.8) is 0 Å². The highest BCUT2D eigenvalue weighted by molar-refractivity contribution is 8.14. The topological polar surface area (TPSA) is 64.6 Å². The maximum atomic E-state index is 11.4. The van der Waals surface area contributed by atoms with E-state index in [1.807, 2.05) is 35.9 Å². The minimum absolute atomic E-state index is 0. The highest BCUT2D eigenvalue weighted by atomic mass is 79.9. The number of halogens is 1. The molecule has 0 spiro atoms. The Bertz CT molecular complexity index is 505. The summed E-state index contributed by atoms with van der Waals surface area (Å²) < 4.78 is 11.9. The zero-order chi connectivity index (χ0) is 13.8. The van der Waals surface area contributed by atoms with Gasteiger partial charge in [-0.05, 0) is 36.0 Å². The number of nitrogens with two attached hydrogens (primary N) is 1. The number of hydrogen-bond acceptors (Lipinski definition) is 4. The van der Waals surface area contributed by atoms with Gasteiger partial charge in [-0.2, -0.15) is 0 Å². The Hall–Kier alpha value is -1.21. The van der Waals surface area contributed by atoms with Crippen molar-refractivity contribution in [1.82, 2.24) is 0 Å².